The summed E-state index contributed by atoms with van der Waals surface area (Å²) in [4.78, 5) is 0. The second-order valence-corrected chi connectivity index (χ2v) is 4.88. The van der Waals surface area contributed by atoms with E-state index in [1.54, 1.807) is 7.11 Å². The molecule has 0 aromatic heterocycles. The minimum Gasteiger partial charge on any atom is -0.496 e. The van der Waals surface area contributed by atoms with Crippen LogP contribution in [0.25, 0.3) is 0 Å². The fourth-order valence-corrected chi connectivity index (χ4v) is 2.59. The molecule has 1 N–H and O–H groups in total. The summed E-state index contributed by atoms with van der Waals surface area (Å²) in [5, 5.41) is 3.35. The molecular weight excluding hydrogens is 230 g/mol. The Balaban J connectivity index is 3.34. The molecule has 0 radical (unpaired) electrons. The van der Waals surface area contributed by atoms with E-state index in [4.69, 9.17) is 4.74 Å². The van der Waals surface area contributed by atoms with Gasteiger partial charge in [0.05, 0.1) is 7.11 Å². The summed E-state index contributed by atoms with van der Waals surface area (Å²) in [6, 6.07) is 2.54. The summed E-state index contributed by atoms with van der Waals surface area (Å²) >= 11 is 4.33. The number of aryl methyl sites for hydroxylation is 2. The van der Waals surface area contributed by atoms with Crippen molar-refractivity contribution in [2.75, 3.05) is 19.9 Å². The summed E-state index contributed by atoms with van der Waals surface area (Å²) in [6.45, 7) is 6.39. The largest absolute Gasteiger partial charge is 0.496 e. The lowest BCUT2D eigenvalue weighted by Crippen LogP contribution is -2.19. The van der Waals surface area contributed by atoms with Gasteiger partial charge in [-0.1, -0.05) is 6.07 Å². The number of rotatable bonds is 5. The lowest BCUT2D eigenvalue weighted by molar-refractivity contribution is 0.396. The van der Waals surface area contributed by atoms with Crippen molar-refractivity contribution in [1.82, 2.24) is 5.32 Å². The van der Waals surface area contributed by atoms with Gasteiger partial charge >= 0.3 is 0 Å². The molecule has 0 aliphatic carbocycles. The number of benzene rings is 1. The van der Waals surface area contributed by atoms with Crippen molar-refractivity contribution in [3.05, 3.63) is 28.3 Å². The first-order valence-corrected chi connectivity index (χ1v) is 6.62. The first-order chi connectivity index (χ1) is 8.06. The third-order valence-corrected chi connectivity index (χ3v) is 3.61. The predicted molar refractivity (Wildman–Crippen MR) is 77.5 cm³/mol. The molecule has 0 fully saturated rings. The third kappa shape index (κ3) is 2.96. The van der Waals surface area contributed by atoms with Crippen molar-refractivity contribution in [2.45, 2.75) is 33.2 Å². The molecule has 0 heterocycles. The van der Waals surface area contributed by atoms with E-state index < -0.39 is 0 Å². The van der Waals surface area contributed by atoms with Crippen LogP contribution in [0.5, 0.6) is 5.75 Å². The monoisotopic (exact) mass is 253 g/mol. The quantitative estimate of drug-likeness (QED) is 0.786. The molecule has 2 nitrogen and oxygen atoms in total. The van der Waals surface area contributed by atoms with Crippen LogP contribution in [0.15, 0.2) is 6.07 Å². The molecule has 0 aliphatic heterocycles. The normalized spacial score (nSPS) is 12.6. The SMILES string of the molecule is CNC(CCS)c1c(C)cc(C)c(C)c1OC. The zero-order valence-electron chi connectivity index (χ0n) is 11.4. The molecule has 0 amide bonds. The zero-order chi connectivity index (χ0) is 13.0. The fraction of sp³-hybridized carbons (Fsp3) is 0.571. The molecule has 0 bridgehead atoms. The number of ether oxygens (including phenoxy) is 1. The van der Waals surface area contributed by atoms with Gasteiger partial charge in [-0.25, -0.2) is 0 Å². The Hall–Kier alpha value is -0.670. The maximum Gasteiger partial charge on any atom is 0.127 e. The van der Waals surface area contributed by atoms with Crippen molar-refractivity contribution in [2.24, 2.45) is 0 Å². The molecule has 1 aromatic rings. The Morgan fingerprint density at radius 3 is 2.41 bits per heavy atom. The first kappa shape index (κ1) is 14.4. The average molecular weight is 253 g/mol. The summed E-state index contributed by atoms with van der Waals surface area (Å²) in [6.07, 6.45) is 0.999. The smallest absolute Gasteiger partial charge is 0.127 e. The fourth-order valence-electron chi connectivity index (χ4n) is 2.33. The highest BCUT2D eigenvalue weighted by molar-refractivity contribution is 7.80. The highest BCUT2D eigenvalue weighted by Gasteiger charge is 2.19. The number of hydrogen-bond donors (Lipinski definition) is 2. The Morgan fingerprint density at radius 2 is 1.94 bits per heavy atom. The van der Waals surface area contributed by atoms with E-state index in [1.807, 2.05) is 7.05 Å². The van der Waals surface area contributed by atoms with E-state index in [9.17, 15) is 0 Å². The van der Waals surface area contributed by atoms with Crippen LogP contribution in [0, 0.1) is 20.8 Å². The van der Waals surface area contributed by atoms with Gasteiger partial charge in [-0.3, -0.25) is 0 Å². The van der Waals surface area contributed by atoms with Crippen molar-refractivity contribution < 1.29 is 4.74 Å². The summed E-state index contributed by atoms with van der Waals surface area (Å²) in [5.74, 6) is 1.88. The first-order valence-electron chi connectivity index (χ1n) is 5.99. The molecule has 1 unspecified atom stereocenters. The van der Waals surface area contributed by atoms with E-state index >= 15 is 0 Å². The van der Waals surface area contributed by atoms with Gasteiger partial charge in [-0.05, 0) is 56.7 Å². The van der Waals surface area contributed by atoms with Gasteiger partial charge in [0.15, 0.2) is 0 Å². The summed E-state index contributed by atoms with van der Waals surface area (Å²) in [5.41, 5.74) is 5.06. The van der Waals surface area contributed by atoms with Crippen LogP contribution in [-0.2, 0) is 0 Å². The lowest BCUT2D eigenvalue weighted by Gasteiger charge is -2.23. The van der Waals surface area contributed by atoms with Gasteiger partial charge < -0.3 is 10.1 Å². The number of hydrogen-bond acceptors (Lipinski definition) is 3. The predicted octanol–water partition coefficient (Wildman–Crippen LogP) is 3.20. The van der Waals surface area contributed by atoms with Crippen molar-refractivity contribution >= 4 is 12.6 Å². The standard InChI is InChI=1S/C14H23NOS/c1-9-8-10(2)13(12(15-4)6-7-17)14(16-5)11(9)3/h8,12,15,17H,6-7H2,1-5H3. The molecular formula is C14H23NOS. The van der Waals surface area contributed by atoms with Crippen LogP contribution in [0.3, 0.4) is 0 Å². The van der Waals surface area contributed by atoms with E-state index in [0.29, 0.717) is 6.04 Å². The number of nitrogens with one attached hydrogen (secondary N) is 1. The van der Waals surface area contributed by atoms with Gasteiger partial charge in [-0.2, -0.15) is 12.6 Å². The molecule has 0 aliphatic rings. The lowest BCUT2D eigenvalue weighted by atomic mass is 9.93. The zero-order valence-corrected chi connectivity index (χ0v) is 12.3. The maximum atomic E-state index is 5.60. The minimum atomic E-state index is 0.307. The van der Waals surface area contributed by atoms with E-state index in [0.717, 1.165) is 17.9 Å². The van der Waals surface area contributed by atoms with Gasteiger partial charge in [-0.15, -0.1) is 0 Å². The molecule has 17 heavy (non-hydrogen) atoms. The van der Waals surface area contributed by atoms with E-state index in [-0.39, 0.29) is 0 Å². The molecule has 3 heteroatoms. The van der Waals surface area contributed by atoms with Crippen LogP contribution in [0.4, 0.5) is 0 Å². The maximum absolute atomic E-state index is 5.60. The van der Waals surface area contributed by atoms with Gasteiger partial charge in [0.25, 0.3) is 0 Å². The molecule has 0 saturated carbocycles. The van der Waals surface area contributed by atoms with Crippen LogP contribution in [-0.4, -0.2) is 19.9 Å². The van der Waals surface area contributed by atoms with Crippen LogP contribution in [0.2, 0.25) is 0 Å². The van der Waals surface area contributed by atoms with Crippen molar-refractivity contribution in [3.8, 4) is 5.75 Å². The molecule has 1 aromatic carbocycles. The number of methoxy groups -OCH3 is 1. The average Bonchev–Trinajstić information content (AvgIpc) is 2.31. The summed E-state index contributed by atoms with van der Waals surface area (Å²) in [7, 11) is 3.74. The third-order valence-electron chi connectivity index (χ3n) is 3.35. The summed E-state index contributed by atoms with van der Waals surface area (Å²) < 4.78 is 5.60. The number of thiol groups is 1. The molecule has 1 rings (SSSR count). The van der Waals surface area contributed by atoms with Crippen LogP contribution >= 0.6 is 12.6 Å². The molecule has 0 saturated heterocycles. The molecule has 96 valence electrons. The van der Waals surface area contributed by atoms with Gasteiger partial charge in [0.2, 0.25) is 0 Å². The topological polar surface area (TPSA) is 21.3 Å². The molecule has 0 spiro atoms. The van der Waals surface area contributed by atoms with Crippen LogP contribution < -0.4 is 10.1 Å². The Labute approximate surface area is 110 Å². The van der Waals surface area contributed by atoms with Crippen molar-refractivity contribution in [1.29, 1.82) is 0 Å². The second-order valence-electron chi connectivity index (χ2n) is 4.44. The van der Waals surface area contributed by atoms with Crippen molar-refractivity contribution in [3.63, 3.8) is 0 Å². The Morgan fingerprint density at radius 1 is 1.29 bits per heavy atom. The van der Waals surface area contributed by atoms with E-state index in [2.05, 4.69) is 44.8 Å². The van der Waals surface area contributed by atoms with Gasteiger partial charge in [0, 0.05) is 11.6 Å². The molecule has 1 atom stereocenters. The second kappa shape index (κ2) is 6.31. The highest BCUT2D eigenvalue weighted by atomic mass is 32.1. The Kier molecular flexibility index (Phi) is 5.34. The highest BCUT2D eigenvalue weighted by Crippen LogP contribution is 2.35. The Bertz CT molecular complexity index is 390. The van der Waals surface area contributed by atoms with Gasteiger partial charge in [0.1, 0.15) is 5.75 Å². The minimum absolute atomic E-state index is 0.307. The van der Waals surface area contributed by atoms with E-state index in [1.165, 1.54) is 22.3 Å². The van der Waals surface area contributed by atoms with Crippen LogP contribution in [0.1, 0.15) is 34.7 Å².